The van der Waals surface area contributed by atoms with E-state index in [-0.39, 0.29) is 0 Å². The van der Waals surface area contributed by atoms with E-state index in [1.54, 1.807) is 0 Å². The Labute approximate surface area is 237 Å². The minimum atomic E-state index is 1.15. The van der Waals surface area contributed by atoms with Gasteiger partial charge in [0.2, 0.25) is 0 Å². The highest BCUT2D eigenvalue weighted by molar-refractivity contribution is 4.74. The number of nitrogens with zero attached hydrogens (tertiary/aromatic N) is 8. The zero-order chi connectivity index (χ0) is 27.6. The summed E-state index contributed by atoms with van der Waals surface area (Å²) in [6, 6.07) is 0. The Morgan fingerprint density at radius 3 is 0.500 bits per heavy atom. The van der Waals surface area contributed by atoms with Crippen LogP contribution in [0.1, 0.15) is 41.5 Å². The van der Waals surface area contributed by atoms with Crippen molar-refractivity contribution in [2.45, 2.75) is 41.5 Å². The molecule has 0 unspecified atom stereocenters. The second-order valence-corrected chi connectivity index (χ2v) is 11.3. The molecule has 3 heterocycles. The molecule has 0 aromatic heterocycles. The fourth-order valence-electron chi connectivity index (χ4n) is 5.78. The molecular formula is C30H66N8. The minimum Gasteiger partial charge on any atom is -0.301 e. The molecule has 3 fully saturated rings. The molecule has 0 aliphatic carbocycles. The lowest BCUT2D eigenvalue weighted by molar-refractivity contribution is 0.118. The predicted molar refractivity (Wildman–Crippen MR) is 166 cm³/mol. The SMILES string of the molecule is CCN1CCN(CC)CCN2CCN(CC)CCN(CC)CCN(CC1)CCN(CC)CCN(CC)CC2. The van der Waals surface area contributed by atoms with E-state index < -0.39 is 0 Å². The zero-order valence-electron chi connectivity index (χ0n) is 26.5. The quantitative estimate of drug-likeness (QED) is 0.503. The maximum atomic E-state index is 2.77. The molecule has 3 saturated heterocycles. The van der Waals surface area contributed by atoms with Crippen molar-refractivity contribution in [3.63, 3.8) is 0 Å². The summed E-state index contributed by atoms with van der Waals surface area (Å²) in [5, 5.41) is 0. The van der Waals surface area contributed by atoms with E-state index in [1.165, 1.54) is 118 Å². The highest BCUT2D eigenvalue weighted by Gasteiger charge is 2.17. The Kier molecular flexibility index (Phi) is 18.3. The molecule has 0 radical (unpaired) electrons. The molecule has 2 bridgehead atoms. The number of hydrogen-bond donors (Lipinski definition) is 0. The van der Waals surface area contributed by atoms with Crippen LogP contribution in [0.3, 0.4) is 0 Å². The van der Waals surface area contributed by atoms with Gasteiger partial charge in [-0.3, -0.25) is 9.80 Å². The monoisotopic (exact) mass is 539 g/mol. The highest BCUT2D eigenvalue weighted by Crippen LogP contribution is 2.04. The maximum absolute atomic E-state index is 2.77. The van der Waals surface area contributed by atoms with E-state index in [1.807, 2.05) is 0 Å². The minimum absolute atomic E-state index is 1.15. The Bertz CT molecular complexity index is 440. The number of rotatable bonds is 6. The van der Waals surface area contributed by atoms with Crippen LogP contribution in [0.15, 0.2) is 0 Å². The summed E-state index contributed by atoms with van der Waals surface area (Å²) in [4.78, 5) is 21.7. The molecule has 226 valence electrons. The van der Waals surface area contributed by atoms with Crippen LogP contribution in [0.4, 0.5) is 0 Å². The molecule has 3 aliphatic rings. The van der Waals surface area contributed by atoms with E-state index in [0.717, 1.165) is 39.3 Å². The van der Waals surface area contributed by atoms with E-state index in [4.69, 9.17) is 0 Å². The predicted octanol–water partition coefficient (Wildman–Crippen LogP) is 1.55. The normalized spacial score (nSPS) is 27.9. The Morgan fingerprint density at radius 1 is 0.237 bits per heavy atom. The van der Waals surface area contributed by atoms with Gasteiger partial charge in [0.25, 0.3) is 0 Å². The Morgan fingerprint density at radius 2 is 0.368 bits per heavy atom. The summed E-state index contributed by atoms with van der Waals surface area (Å²) >= 11 is 0. The summed E-state index contributed by atoms with van der Waals surface area (Å²) in [5.41, 5.74) is 0. The molecule has 3 rings (SSSR count). The summed E-state index contributed by atoms with van der Waals surface area (Å²) in [7, 11) is 0. The standard InChI is InChI=1S/C30H66N8/c1-7-31-13-14-32(8-2)20-28-38-29-23-35(11-5)17-15-33(9-3)21-26-37(25-19-31)27-22-34(10-4)16-18-36(12-6)24-30-38/h7-30H2,1-6H3. The molecule has 3 aliphatic heterocycles. The summed E-state index contributed by atoms with van der Waals surface area (Å²) in [6.45, 7) is 42.3. The largest absolute Gasteiger partial charge is 0.301 e. The molecule has 8 heteroatoms. The van der Waals surface area contributed by atoms with Crippen LogP contribution in [0.5, 0.6) is 0 Å². The average Bonchev–Trinajstić information content (AvgIpc) is 2.94. The fourth-order valence-corrected chi connectivity index (χ4v) is 5.78. The van der Waals surface area contributed by atoms with Crippen LogP contribution in [0.25, 0.3) is 0 Å². The summed E-state index contributed by atoms with van der Waals surface area (Å²) in [6.07, 6.45) is 0. The molecule has 0 atom stereocenters. The molecular weight excluding hydrogens is 472 g/mol. The van der Waals surface area contributed by atoms with Crippen molar-refractivity contribution in [1.82, 2.24) is 39.2 Å². The first-order chi connectivity index (χ1) is 18.5. The van der Waals surface area contributed by atoms with Crippen molar-refractivity contribution < 1.29 is 0 Å². The maximum Gasteiger partial charge on any atom is 0.0110 e. The van der Waals surface area contributed by atoms with Gasteiger partial charge in [0.05, 0.1) is 0 Å². The fraction of sp³-hybridized carbons (Fsp3) is 1.00. The van der Waals surface area contributed by atoms with E-state index >= 15 is 0 Å². The highest BCUT2D eigenvalue weighted by atomic mass is 15.3. The zero-order valence-corrected chi connectivity index (χ0v) is 26.5. The summed E-state index contributed by atoms with van der Waals surface area (Å²) < 4.78 is 0. The molecule has 38 heavy (non-hydrogen) atoms. The van der Waals surface area contributed by atoms with E-state index in [9.17, 15) is 0 Å². The van der Waals surface area contributed by atoms with Crippen LogP contribution in [0, 0.1) is 0 Å². The topological polar surface area (TPSA) is 25.9 Å². The molecule has 0 spiro atoms. The van der Waals surface area contributed by atoms with Gasteiger partial charge in [-0.15, -0.1) is 0 Å². The number of hydrogen-bond acceptors (Lipinski definition) is 8. The van der Waals surface area contributed by atoms with Crippen LogP contribution in [0.2, 0.25) is 0 Å². The van der Waals surface area contributed by atoms with Gasteiger partial charge >= 0.3 is 0 Å². The summed E-state index contributed by atoms with van der Waals surface area (Å²) in [5.74, 6) is 0. The van der Waals surface area contributed by atoms with Crippen LogP contribution in [-0.2, 0) is 0 Å². The Balaban J connectivity index is 2.29. The first-order valence-corrected chi connectivity index (χ1v) is 16.3. The van der Waals surface area contributed by atoms with Crippen molar-refractivity contribution in [3.05, 3.63) is 0 Å². The van der Waals surface area contributed by atoms with Gasteiger partial charge in [0.15, 0.2) is 0 Å². The molecule has 0 aromatic carbocycles. The number of fused-ring (bicyclic) bond motifs is 21. The lowest BCUT2D eigenvalue weighted by atomic mass is 10.3. The molecule has 0 saturated carbocycles. The van der Waals surface area contributed by atoms with Crippen molar-refractivity contribution in [2.75, 3.05) is 157 Å². The van der Waals surface area contributed by atoms with Crippen molar-refractivity contribution in [1.29, 1.82) is 0 Å². The Hall–Kier alpha value is -0.320. The molecule has 0 amide bonds. The molecule has 0 N–H and O–H groups in total. The third kappa shape index (κ3) is 13.4. The lowest BCUT2D eigenvalue weighted by Gasteiger charge is -2.35. The van der Waals surface area contributed by atoms with Crippen LogP contribution >= 0.6 is 0 Å². The van der Waals surface area contributed by atoms with Gasteiger partial charge in [0, 0.05) is 118 Å². The smallest absolute Gasteiger partial charge is 0.0110 e. The van der Waals surface area contributed by atoms with Gasteiger partial charge in [-0.25, -0.2) is 0 Å². The van der Waals surface area contributed by atoms with Gasteiger partial charge in [-0.2, -0.15) is 0 Å². The van der Waals surface area contributed by atoms with Gasteiger partial charge < -0.3 is 29.4 Å². The second kappa shape index (κ2) is 20.5. The average molecular weight is 539 g/mol. The third-order valence-electron chi connectivity index (χ3n) is 9.28. The van der Waals surface area contributed by atoms with Gasteiger partial charge in [-0.1, -0.05) is 41.5 Å². The van der Waals surface area contributed by atoms with Crippen LogP contribution < -0.4 is 0 Å². The lowest BCUT2D eigenvalue weighted by Crippen LogP contribution is -2.48. The first kappa shape index (κ1) is 33.9. The molecule has 8 nitrogen and oxygen atoms in total. The van der Waals surface area contributed by atoms with E-state index in [0.29, 0.717) is 0 Å². The van der Waals surface area contributed by atoms with Crippen LogP contribution in [-0.4, -0.2) is 196 Å². The van der Waals surface area contributed by atoms with Crippen molar-refractivity contribution >= 4 is 0 Å². The first-order valence-electron chi connectivity index (χ1n) is 16.3. The van der Waals surface area contributed by atoms with E-state index in [2.05, 4.69) is 80.7 Å². The number of likely N-dealkylation sites (N-methyl/N-ethyl adjacent to an activating group) is 6. The molecule has 0 aromatic rings. The van der Waals surface area contributed by atoms with Crippen molar-refractivity contribution in [3.8, 4) is 0 Å². The second-order valence-electron chi connectivity index (χ2n) is 11.3. The van der Waals surface area contributed by atoms with Gasteiger partial charge in [-0.05, 0) is 39.3 Å². The van der Waals surface area contributed by atoms with Crippen molar-refractivity contribution in [2.24, 2.45) is 0 Å². The van der Waals surface area contributed by atoms with Gasteiger partial charge in [0.1, 0.15) is 0 Å². The third-order valence-corrected chi connectivity index (χ3v) is 9.28.